The number of hydrogen-bond acceptors (Lipinski definition) is 7. The second-order valence-electron chi connectivity index (χ2n) is 10.9. The number of ether oxygens (including phenoxy) is 1. The highest BCUT2D eigenvalue weighted by Crippen LogP contribution is 2.59. The predicted octanol–water partition coefficient (Wildman–Crippen LogP) is 3.24. The lowest BCUT2D eigenvalue weighted by Gasteiger charge is -2.42. The van der Waals surface area contributed by atoms with Gasteiger partial charge in [0.05, 0.1) is 12.2 Å². The first-order valence-corrected chi connectivity index (χ1v) is 12.7. The van der Waals surface area contributed by atoms with Crippen molar-refractivity contribution in [1.82, 2.24) is 24.3 Å². The van der Waals surface area contributed by atoms with Gasteiger partial charge in [0, 0.05) is 55.7 Å². The van der Waals surface area contributed by atoms with E-state index in [0.29, 0.717) is 35.6 Å². The summed E-state index contributed by atoms with van der Waals surface area (Å²) in [6, 6.07) is 1.65. The average molecular weight is 519 g/mol. The molecule has 2 bridgehead atoms. The molecule has 11 heteroatoms. The van der Waals surface area contributed by atoms with Crippen molar-refractivity contribution < 1.29 is 23.0 Å². The van der Waals surface area contributed by atoms with Gasteiger partial charge in [0.25, 0.3) is 0 Å². The van der Waals surface area contributed by atoms with Crippen LogP contribution in [0.3, 0.4) is 0 Å². The van der Waals surface area contributed by atoms with Gasteiger partial charge in [0.15, 0.2) is 11.6 Å². The monoisotopic (exact) mass is 518 g/mol. The van der Waals surface area contributed by atoms with Crippen LogP contribution in [0.4, 0.5) is 19.0 Å². The van der Waals surface area contributed by atoms with E-state index < -0.39 is 18.2 Å². The molecule has 4 fully saturated rings. The first-order valence-electron chi connectivity index (χ1n) is 12.7. The Bertz CT molecular complexity index is 1180. The van der Waals surface area contributed by atoms with Gasteiger partial charge in [-0.2, -0.15) is 0 Å². The summed E-state index contributed by atoms with van der Waals surface area (Å²) in [5.41, 5.74) is 6.22. The van der Waals surface area contributed by atoms with Gasteiger partial charge in [-0.1, -0.05) is 19.8 Å². The molecule has 4 aliphatic rings. The fourth-order valence-corrected chi connectivity index (χ4v) is 6.24. The lowest BCUT2D eigenvalue weighted by molar-refractivity contribution is -0.274. The van der Waals surface area contributed by atoms with Gasteiger partial charge >= 0.3 is 6.36 Å². The number of aliphatic hydroxyl groups excluding tert-OH is 1. The number of fused-ring (bicyclic) bond motifs is 1. The summed E-state index contributed by atoms with van der Waals surface area (Å²) < 4.78 is 44.7. The Hall–Kier alpha value is -2.81. The topological polar surface area (TPSA) is 92.7 Å². The van der Waals surface area contributed by atoms with Crippen LogP contribution in [0.5, 0.6) is 5.75 Å². The third-order valence-electron chi connectivity index (χ3n) is 8.15. The Morgan fingerprint density at radius 3 is 2.57 bits per heavy atom. The molecule has 3 N–H and O–H groups in total. The van der Waals surface area contributed by atoms with Gasteiger partial charge in [0.2, 0.25) is 0 Å². The number of imidazole rings is 1. The van der Waals surface area contributed by atoms with Crippen molar-refractivity contribution in [2.45, 2.75) is 57.2 Å². The van der Waals surface area contributed by atoms with Crippen LogP contribution in [0.25, 0.3) is 11.3 Å². The van der Waals surface area contributed by atoms with Crippen molar-refractivity contribution in [2.75, 3.05) is 38.5 Å². The van der Waals surface area contributed by atoms with E-state index in [0.717, 1.165) is 45.4 Å². The quantitative estimate of drug-likeness (QED) is 0.544. The van der Waals surface area contributed by atoms with E-state index in [4.69, 9.17) is 17.1 Å². The highest BCUT2D eigenvalue weighted by atomic mass is 19.4. The second kappa shape index (κ2) is 9.49. The molecular weight excluding hydrogens is 485 g/mol. The number of anilines is 1. The number of alkyl halides is 3. The van der Waals surface area contributed by atoms with Crippen LogP contribution < -0.4 is 10.5 Å². The number of pyridine rings is 1. The Morgan fingerprint density at radius 2 is 1.95 bits per heavy atom. The molecule has 3 heterocycles. The zero-order valence-electron chi connectivity index (χ0n) is 21.1. The molecule has 200 valence electrons. The Kier molecular flexibility index (Phi) is 6.63. The van der Waals surface area contributed by atoms with Crippen molar-refractivity contribution >= 4 is 5.82 Å². The van der Waals surface area contributed by atoms with Gasteiger partial charge < -0.3 is 20.1 Å². The molecule has 6 rings (SSSR count). The highest BCUT2D eigenvalue weighted by molar-refractivity contribution is 5.64. The fourth-order valence-electron chi connectivity index (χ4n) is 6.24. The standard InChI is InChI=1S/C26H33F3N6O2/c1-4-5-33-6-8-34(9-7-33)20-13-25(11-18(20)12-25)35-15-19(32-24(35)22(36)16(2)3)17-10-21(23(30)31-14-17)37-26(27,28)29/h1,10,14-16,18,20,22,36H,5-9,11-13H2,2-3H3,(H2,30,31)/t18?,20-,22?,25?/m1/s1. The summed E-state index contributed by atoms with van der Waals surface area (Å²) in [4.78, 5) is 13.5. The van der Waals surface area contributed by atoms with Crippen molar-refractivity contribution in [3.8, 4) is 29.4 Å². The molecule has 3 aliphatic carbocycles. The minimum absolute atomic E-state index is 0.0867. The molecule has 37 heavy (non-hydrogen) atoms. The summed E-state index contributed by atoms with van der Waals surface area (Å²) in [6.45, 7) is 8.38. The number of aliphatic hydroxyl groups is 1. The van der Waals surface area contributed by atoms with Crippen molar-refractivity contribution in [1.29, 1.82) is 0 Å². The molecule has 0 radical (unpaired) electrons. The molecule has 2 aromatic rings. The molecular formula is C26H33F3N6O2. The lowest BCUT2D eigenvalue weighted by Crippen LogP contribution is -2.50. The van der Waals surface area contributed by atoms with Crippen molar-refractivity contribution in [2.24, 2.45) is 11.8 Å². The lowest BCUT2D eigenvalue weighted by atomic mass is 9.76. The highest BCUT2D eigenvalue weighted by Gasteiger charge is 2.59. The Balaban J connectivity index is 1.42. The summed E-state index contributed by atoms with van der Waals surface area (Å²) in [5.74, 6) is 2.80. The van der Waals surface area contributed by atoms with Crippen LogP contribution in [0, 0.1) is 24.2 Å². The number of nitrogens with two attached hydrogens (primary N) is 1. The summed E-state index contributed by atoms with van der Waals surface area (Å²) in [5, 5.41) is 11.1. The van der Waals surface area contributed by atoms with Crippen LogP contribution >= 0.6 is 0 Å². The number of rotatable bonds is 7. The Labute approximate surface area is 214 Å². The normalized spacial score (nSPS) is 27.2. The van der Waals surface area contributed by atoms with E-state index in [1.165, 1.54) is 12.3 Å². The van der Waals surface area contributed by atoms with Gasteiger partial charge in [-0.3, -0.25) is 9.80 Å². The predicted molar refractivity (Wildman–Crippen MR) is 132 cm³/mol. The number of piperazine rings is 1. The molecule has 3 saturated carbocycles. The minimum atomic E-state index is -4.89. The number of aromatic nitrogens is 3. The molecule has 0 amide bonds. The van der Waals surface area contributed by atoms with Gasteiger partial charge in [-0.15, -0.1) is 19.6 Å². The van der Waals surface area contributed by atoms with E-state index in [2.05, 4.69) is 30.0 Å². The fraction of sp³-hybridized carbons (Fsp3) is 0.615. The van der Waals surface area contributed by atoms with Crippen LogP contribution in [0.2, 0.25) is 0 Å². The number of hydrogen-bond donors (Lipinski definition) is 2. The molecule has 1 saturated heterocycles. The van der Waals surface area contributed by atoms with E-state index in [-0.39, 0.29) is 17.3 Å². The van der Waals surface area contributed by atoms with Crippen LogP contribution in [-0.2, 0) is 5.54 Å². The molecule has 1 unspecified atom stereocenters. The zero-order valence-corrected chi connectivity index (χ0v) is 21.1. The number of nitrogen functional groups attached to an aromatic ring is 1. The molecule has 2 atom stereocenters. The van der Waals surface area contributed by atoms with E-state index in [9.17, 15) is 18.3 Å². The Morgan fingerprint density at radius 1 is 1.24 bits per heavy atom. The maximum Gasteiger partial charge on any atom is 0.573 e. The average Bonchev–Trinajstić information content (AvgIpc) is 3.51. The first-order chi connectivity index (χ1) is 17.5. The number of nitrogens with zero attached hydrogens (tertiary/aromatic N) is 5. The van der Waals surface area contributed by atoms with E-state index in [1.54, 1.807) is 0 Å². The maximum absolute atomic E-state index is 12.9. The van der Waals surface area contributed by atoms with E-state index >= 15 is 0 Å². The molecule has 8 nitrogen and oxygen atoms in total. The molecule has 2 aromatic heterocycles. The van der Waals surface area contributed by atoms with Crippen LogP contribution in [-0.4, -0.2) is 74.6 Å². The third-order valence-corrected chi connectivity index (χ3v) is 8.15. The summed E-state index contributed by atoms with van der Waals surface area (Å²) in [7, 11) is 0. The zero-order chi connectivity index (χ0) is 26.5. The van der Waals surface area contributed by atoms with E-state index in [1.807, 2.05) is 20.0 Å². The van der Waals surface area contributed by atoms with Crippen molar-refractivity contribution in [3.63, 3.8) is 0 Å². The van der Waals surface area contributed by atoms with Crippen LogP contribution in [0.15, 0.2) is 18.5 Å². The number of terminal acetylenes is 1. The smallest absolute Gasteiger partial charge is 0.402 e. The first kappa shape index (κ1) is 25.8. The summed E-state index contributed by atoms with van der Waals surface area (Å²) >= 11 is 0. The third kappa shape index (κ3) is 4.90. The summed E-state index contributed by atoms with van der Waals surface area (Å²) in [6.07, 6.45) is 5.90. The molecule has 0 aromatic carbocycles. The molecule has 0 spiro atoms. The SMILES string of the molecule is C#CCN1CCN([C@@H]2CC3(n4cc(-c5cnc(N)c(OC(F)(F)F)c5)nc4C(O)C(C)C)CC2C3)CC1. The van der Waals surface area contributed by atoms with Gasteiger partial charge in [-0.25, -0.2) is 9.97 Å². The van der Waals surface area contributed by atoms with Gasteiger partial charge in [-0.05, 0) is 37.2 Å². The van der Waals surface area contributed by atoms with Crippen molar-refractivity contribution in [3.05, 3.63) is 24.3 Å². The maximum atomic E-state index is 12.9. The van der Waals surface area contributed by atoms with Crippen LogP contribution in [0.1, 0.15) is 45.0 Å². The minimum Gasteiger partial charge on any atom is -0.402 e. The second-order valence-corrected chi connectivity index (χ2v) is 10.9. The number of halogens is 3. The van der Waals surface area contributed by atoms with Gasteiger partial charge in [0.1, 0.15) is 11.9 Å². The molecule has 1 aliphatic heterocycles. The largest absolute Gasteiger partial charge is 0.573 e.